The summed E-state index contributed by atoms with van der Waals surface area (Å²) in [6, 6.07) is 7.96. The second kappa shape index (κ2) is 6.25. The molecule has 0 fully saturated rings. The second-order valence-corrected chi connectivity index (χ2v) is 4.16. The molecule has 2 aromatic rings. The molecule has 1 aromatic heterocycles. The van der Waals surface area contributed by atoms with Gasteiger partial charge in [-0.25, -0.2) is 17.9 Å². The van der Waals surface area contributed by atoms with Crippen LogP contribution in [0.1, 0.15) is 6.30 Å². The molecule has 1 atom stereocenters. The summed E-state index contributed by atoms with van der Waals surface area (Å²) in [5.41, 5.74) is 1.53. The molecule has 0 radical (unpaired) electrons. The van der Waals surface area contributed by atoms with Gasteiger partial charge < -0.3 is 5.32 Å². The number of amides is 1. The number of benzene rings is 1. The van der Waals surface area contributed by atoms with Gasteiger partial charge >= 0.3 is 0 Å². The Bertz CT molecular complexity index is 637. The molecular formula is C14H12F3N3O. The van der Waals surface area contributed by atoms with Crippen LogP contribution >= 0.6 is 0 Å². The van der Waals surface area contributed by atoms with E-state index in [1.807, 2.05) is 0 Å². The minimum atomic E-state index is -3.13. The zero-order valence-corrected chi connectivity index (χ0v) is 10.8. The minimum absolute atomic E-state index is 0.343. The van der Waals surface area contributed by atoms with E-state index in [9.17, 15) is 18.0 Å². The van der Waals surface area contributed by atoms with Crippen molar-refractivity contribution < 1.29 is 18.0 Å². The van der Waals surface area contributed by atoms with E-state index in [0.29, 0.717) is 21.6 Å². The zero-order chi connectivity index (χ0) is 15.4. The Kier molecular flexibility index (Phi) is 4.42. The highest BCUT2D eigenvalue weighted by molar-refractivity contribution is 5.98. The second-order valence-electron chi connectivity index (χ2n) is 4.16. The molecule has 1 aromatic carbocycles. The molecule has 1 unspecified atom stereocenters. The number of carbonyl (C=O) groups excluding carboxylic acids is 1. The fourth-order valence-electron chi connectivity index (χ4n) is 1.66. The SMILES string of the molecule is C=CC(=O)Nc1ccc(-c2ccn(C(F)C(F)F)n2)cc1. The van der Waals surface area contributed by atoms with Crippen molar-refractivity contribution >= 4 is 11.6 Å². The van der Waals surface area contributed by atoms with Crippen molar-refractivity contribution in [2.75, 3.05) is 5.32 Å². The molecule has 0 aliphatic rings. The Balaban J connectivity index is 2.15. The lowest BCUT2D eigenvalue weighted by molar-refractivity contribution is -0.111. The van der Waals surface area contributed by atoms with Crippen LogP contribution in [0.4, 0.5) is 18.9 Å². The summed E-state index contributed by atoms with van der Waals surface area (Å²) in [5.74, 6) is -0.343. The van der Waals surface area contributed by atoms with Crippen LogP contribution in [0.5, 0.6) is 0 Å². The number of nitrogens with zero attached hydrogens (tertiary/aromatic N) is 2. The highest BCUT2D eigenvalue weighted by atomic mass is 19.3. The molecule has 7 heteroatoms. The predicted octanol–water partition coefficient (Wildman–Crippen LogP) is 3.41. The lowest BCUT2D eigenvalue weighted by Crippen LogP contribution is -2.12. The van der Waals surface area contributed by atoms with Gasteiger partial charge in [-0.05, 0) is 24.3 Å². The van der Waals surface area contributed by atoms with Crippen molar-refractivity contribution in [3.63, 3.8) is 0 Å². The molecule has 0 saturated carbocycles. The highest BCUT2D eigenvalue weighted by Crippen LogP contribution is 2.23. The summed E-state index contributed by atoms with van der Waals surface area (Å²) in [6.07, 6.45) is -3.31. The van der Waals surface area contributed by atoms with Crippen molar-refractivity contribution in [3.8, 4) is 11.3 Å². The molecule has 21 heavy (non-hydrogen) atoms. The van der Waals surface area contributed by atoms with E-state index in [1.165, 1.54) is 6.07 Å². The molecule has 0 aliphatic carbocycles. The largest absolute Gasteiger partial charge is 0.323 e. The van der Waals surface area contributed by atoms with Crippen LogP contribution in [0.3, 0.4) is 0 Å². The maximum Gasteiger partial charge on any atom is 0.289 e. The van der Waals surface area contributed by atoms with Crippen LogP contribution in [0.25, 0.3) is 11.3 Å². The van der Waals surface area contributed by atoms with Crippen LogP contribution < -0.4 is 5.32 Å². The van der Waals surface area contributed by atoms with Crippen molar-refractivity contribution in [1.82, 2.24) is 9.78 Å². The van der Waals surface area contributed by atoms with E-state index in [4.69, 9.17) is 0 Å². The number of anilines is 1. The number of rotatable bonds is 5. The van der Waals surface area contributed by atoms with Gasteiger partial charge in [0.15, 0.2) is 0 Å². The van der Waals surface area contributed by atoms with Gasteiger partial charge in [0.2, 0.25) is 5.91 Å². The number of alkyl halides is 3. The topological polar surface area (TPSA) is 46.9 Å². The molecule has 0 saturated heterocycles. The number of aromatic nitrogens is 2. The minimum Gasteiger partial charge on any atom is -0.323 e. The maximum absolute atomic E-state index is 13.1. The van der Waals surface area contributed by atoms with E-state index in [2.05, 4.69) is 17.0 Å². The predicted molar refractivity (Wildman–Crippen MR) is 72.6 cm³/mol. The summed E-state index contributed by atoms with van der Waals surface area (Å²) >= 11 is 0. The number of nitrogens with one attached hydrogen (secondary N) is 1. The van der Waals surface area contributed by atoms with E-state index in [-0.39, 0.29) is 5.91 Å². The van der Waals surface area contributed by atoms with Crippen LogP contribution in [0.15, 0.2) is 49.2 Å². The Morgan fingerprint density at radius 2 is 1.90 bits per heavy atom. The van der Waals surface area contributed by atoms with Crippen LogP contribution in [-0.4, -0.2) is 22.1 Å². The molecule has 0 spiro atoms. The first-order valence-electron chi connectivity index (χ1n) is 6.02. The third-order valence-electron chi connectivity index (χ3n) is 2.70. The van der Waals surface area contributed by atoms with E-state index in [1.54, 1.807) is 24.3 Å². The summed E-state index contributed by atoms with van der Waals surface area (Å²) in [6.45, 7) is 3.33. The van der Waals surface area contributed by atoms with Gasteiger partial charge in [-0.3, -0.25) is 4.79 Å². The quantitative estimate of drug-likeness (QED) is 0.859. The first-order valence-corrected chi connectivity index (χ1v) is 6.02. The molecule has 1 amide bonds. The van der Waals surface area contributed by atoms with Crippen molar-refractivity contribution in [2.45, 2.75) is 12.7 Å². The number of carbonyl (C=O) groups is 1. The van der Waals surface area contributed by atoms with Crippen molar-refractivity contribution in [1.29, 1.82) is 0 Å². The van der Waals surface area contributed by atoms with Crippen LogP contribution in [-0.2, 0) is 4.79 Å². The Morgan fingerprint density at radius 1 is 1.24 bits per heavy atom. The fourth-order valence-corrected chi connectivity index (χ4v) is 1.66. The highest BCUT2D eigenvalue weighted by Gasteiger charge is 2.22. The third-order valence-corrected chi connectivity index (χ3v) is 2.70. The van der Waals surface area contributed by atoms with E-state index < -0.39 is 12.7 Å². The summed E-state index contributed by atoms with van der Waals surface area (Å²) in [4.78, 5) is 11.1. The molecule has 1 heterocycles. The zero-order valence-electron chi connectivity index (χ0n) is 10.8. The smallest absolute Gasteiger partial charge is 0.289 e. The van der Waals surface area contributed by atoms with Gasteiger partial charge in [0.25, 0.3) is 12.7 Å². The average molecular weight is 295 g/mol. The van der Waals surface area contributed by atoms with Gasteiger partial charge in [0.1, 0.15) is 0 Å². The maximum atomic E-state index is 13.1. The van der Waals surface area contributed by atoms with Gasteiger partial charge in [-0.1, -0.05) is 18.7 Å². The molecule has 0 bridgehead atoms. The Morgan fingerprint density at radius 3 is 2.48 bits per heavy atom. The van der Waals surface area contributed by atoms with Crippen molar-refractivity contribution in [3.05, 3.63) is 49.2 Å². The third kappa shape index (κ3) is 3.50. The molecule has 2 rings (SSSR count). The normalized spacial score (nSPS) is 12.2. The van der Waals surface area contributed by atoms with Gasteiger partial charge in [0.05, 0.1) is 5.69 Å². The molecule has 110 valence electrons. The van der Waals surface area contributed by atoms with Gasteiger partial charge in [0, 0.05) is 17.4 Å². The monoisotopic (exact) mass is 295 g/mol. The number of halogens is 3. The summed E-state index contributed by atoms with van der Waals surface area (Å²) in [5, 5.41) is 6.33. The van der Waals surface area contributed by atoms with Crippen LogP contribution in [0, 0.1) is 0 Å². The first kappa shape index (κ1) is 14.8. The summed E-state index contributed by atoms with van der Waals surface area (Å²) in [7, 11) is 0. The molecule has 4 nitrogen and oxygen atoms in total. The van der Waals surface area contributed by atoms with Gasteiger partial charge in [-0.15, -0.1) is 0 Å². The fraction of sp³-hybridized carbons (Fsp3) is 0.143. The summed E-state index contributed by atoms with van der Waals surface area (Å²) < 4.78 is 38.2. The Hall–Kier alpha value is -2.57. The standard InChI is InChI=1S/C14H12F3N3O/c1-2-12(21)18-10-5-3-9(4-6-10)11-7-8-20(19-11)14(17)13(15)16/h2-8,13-14H,1H2,(H,18,21). The van der Waals surface area contributed by atoms with E-state index >= 15 is 0 Å². The molecule has 0 aliphatic heterocycles. The van der Waals surface area contributed by atoms with Crippen molar-refractivity contribution in [2.24, 2.45) is 0 Å². The Labute approximate surface area is 118 Å². The van der Waals surface area contributed by atoms with Crippen LogP contribution in [0.2, 0.25) is 0 Å². The molecular weight excluding hydrogens is 283 g/mol. The lowest BCUT2D eigenvalue weighted by atomic mass is 10.1. The van der Waals surface area contributed by atoms with Gasteiger partial charge in [-0.2, -0.15) is 5.10 Å². The number of hydrogen-bond acceptors (Lipinski definition) is 2. The first-order chi connectivity index (χ1) is 10.0. The average Bonchev–Trinajstić information content (AvgIpc) is 2.96. The molecule has 1 N–H and O–H groups in total. The number of hydrogen-bond donors (Lipinski definition) is 1. The lowest BCUT2D eigenvalue weighted by Gasteiger charge is -2.06. The van der Waals surface area contributed by atoms with E-state index in [0.717, 1.165) is 12.3 Å².